The third-order valence-electron chi connectivity index (χ3n) is 3.54. The zero-order chi connectivity index (χ0) is 18.4. The molecule has 0 aliphatic rings. The van der Waals surface area contributed by atoms with Gasteiger partial charge in [-0.15, -0.1) is 5.10 Å². The first-order chi connectivity index (χ1) is 12.7. The minimum absolute atomic E-state index is 0.0957. The maximum atomic E-state index is 12.1. The van der Waals surface area contributed by atoms with Crippen molar-refractivity contribution in [2.75, 3.05) is 17.7 Å². The molecule has 2 aromatic carbocycles. The maximum Gasteiger partial charge on any atom is 0.234 e. The number of rotatable bonds is 7. The fraction of sp³-hybridized carbons (Fsp3) is 0.211. The van der Waals surface area contributed by atoms with E-state index in [1.165, 1.54) is 11.8 Å². The fourth-order valence-electron chi connectivity index (χ4n) is 2.43. The Morgan fingerprint density at radius 1 is 1.23 bits per heavy atom. The number of thioether (sulfide) groups is 1. The molecule has 0 atom stereocenters. The molecule has 0 spiro atoms. The van der Waals surface area contributed by atoms with Crippen molar-refractivity contribution in [2.24, 2.45) is 0 Å². The molecule has 1 amide bonds. The number of amides is 1. The van der Waals surface area contributed by atoms with Gasteiger partial charge in [0.2, 0.25) is 11.1 Å². The van der Waals surface area contributed by atoms with Crippen molar-refractivity contribution in [2.45, 2.75) is 19.0 Å². The minimum atomic E-state index is -0.0957. The minimum Gasteiger partial charge on any atom is -0.493 e. The lowest BCUT2D eigenvalue weighted by Gasteiger charge is -2.06. The Morgan fingerprint density at radius 2 is 2.08 bits per heavy atom. The summed E-state index contributed by atoms with van der Waals surface area (Å²) in [5.74, 6) is 1.51. The van der Waals surface area contributed by atoms with Gasteiger partial charge in [0.05, 0.1) is 17.9 Å². The zero-order valence-electron chi connectivity index (χ0n) is 14.7. The Morgan fingerprint density at radius 3 is 2.88 bits per heavy atom. The number of para-hydroxylation sites is 1. The van der Waals surface area contributed by atoms with Gasteiger partial charge in [-0.25, -0.2) is 4.98 Å². The van der Waals surface area contributed by atoms with Crippen LogP contribution in [0.4, 0.5) is 5.69 Å². The highest BCUT2D eigenvalue weighted by Crippen LogP contribution is 2.28. The number of carbonyl (C=O) groups excluding carboxylic acids is 1. The van der Waals surface area contributed by atoms with Crippen LogP contribution >= 0.6 is 11.8 Å². The van der Waals surface area contributed by atoms with Gasteiger partial charge in [0.15, 0.2) is 5.82 Å². The molecule has 0 fully saturated rings. The molecular weight excluding hydrogens is 348 g/mol. The summed E-state index contributed by atoms with van der Waals surface area (Å²) < 4.78 is 5.62. The molecule has 1 aromatic heterocycles. The molecule has 0 saturated carbocycles. The van der Waals surface area contributed by atoms with Crippen LogP contribution in [-0.2, 0) is 4.79 Å². The third kappa shape index (κ3) is 4.64. The second kappa shape index (κ2) is 8.53. The van der Waals surface area contributed by atoms with E-state index in [1.807, 2.05) is 62.4 Å². The number of anilines is 1. The number of ether oxygens (including phenoxy) is 1. The van der Waals surface area contributed by atoms with Gasteiger partial charge in [-0.1, -0.05) is 36.0 Å². The van der Waals surface area contributed by atoms with Gasteiger partial charge >= 0.3 is 0 Å². The van der Waals surface area contributed by atoms with Crippen molar-refractivity contribution >= 4 is 23.4 Å². The van der Waals surface area contributed by atoms with Gasteiger partial charge in [0, 0.05) is 5.69 Å². The Bertz CT molecular complexity index is 895. The number of benzene rings is 2. The van der Waals surface area contributed by atoms with Crippen molar-refractivity contribution in [1.29, 1.82) is 0 Å². The molecular formula is C19H20N4O2S. The summed E-state index contributed by atoms with van der Waals surface area (Å²) in [6.07, 6.45) is 0. The first kappa shape index (κ1) is 18.0. The average Bonchev–Trinajstić information content (AvgIpc) is 3.10. The van der Waals surface area contributed by atoms with E-state index in [1.54, 1.807) is 0 Å². The third-order valence-corrected chi connectivity index (χ3v) is 4.39. The topological polar surface area (TPSA) is 79.9 Å². The summed E-state index contributed by atoms with van der Waals surface area (Å²) in [7, 11) is 0. The number of aromatic amines is 1. The molecule has 0 aliphatic heterocycles. The monoisotopic (exact) mass is 368 g/mol. The van der Waals surface area contributed by atoms with Gasteiger partial charge in [0.1, 0.15) is 5.75 Å². The quantitative estimate of drug-likeness (QED) is 0.618. The van der Waals surface area contributed by atoms with Crippen LogP contribution < -0.4 is 10.1 Å². The predicted molar refractivity (Wildman–Crippen MR) is 104 cm³/mol. The molecule has 3 rings (SSSR count). The molecule has 0 bridgehead atoms. The average molecular weight is 368 g/mol. The Hall–Kier alpha value is -2.80. The van der Waals surface area contributed by atoms with Crippen LogP contribution in [0.3, 0.4) is 0 Å². The standard InChI is InChI=1S/C19H20N4O2S/c1-3-25-16-10-5-4-9-15(16)18-21-19(23-22-18)26-12-17(24)20-14-8-6-7-13(2)11-14/h4-11H,3,12H2,1-2H3,(H,20,24)(H,21,22,23). The summed E-state index contributed by atoms with van der Waals surface area (Å²) in [5.41, 5.74) is 2.73. The van der Waals surface area contributed by atoms with E-state index in [0.717, 1.165) is 22.6 Å². The van der Waals surface area contributed by atoms with E-state index in [9.17, 15) is 4.79 Å². The summed E-state index contributed by atoms with van der Waals surface area (Å²) in [6.45, 7) is 4.50. The number of nitrogens with one attached hydrogen (secondary N) is 2. The van der Waals surface area contributed by atoms with E-state index in [0.29, 0.717) is 17.6 Å². The van der Waals surface area contributed by atoms with Gasteiger partial charge in [0.25, 0.3) is 0 Å². The zero-order valence-corrected chi connectivity index (χ0v) is 15.5. The molecule has 26 heavy (non-hydrogen) atoms. The lowest BCUT2D eigenvalue weighted by Crippen LogP contribution is -2.14. The van der Waals surface area contributed by atoms with Crippen molar-refractivity contribution in [3.63, 3.8) is 0 Å². The highest BCUT2D eigenvalue weighted by atomic mass is 32.2. The van der Waals surface area contributed by atoms with Crippen LogP contribution in [0.25, 0.3) is 11.4 Å². The summed E-state index contributed by atoms with van der Waals surface area (Å²) >= 11 is 1.28. The van der Waals surface area contributed by atoms with Crippen LogP contribution in [0, 0.1) is 6.92 Å². The number of nitrogens with zero attached hydrogens (tertiary/aromatic N) is 2. The van der Waals surface area contributed by atoms with Gasteiger partial charge in [-0.2, -0.15) is 0 Å². The van der Waals surface area contributed by atoms with E-state index >= 15 is 0 Å². The van der Waals surface area contributed by atoms with Crippen LogP contribution in [0.5, 0.6) is 5.75 Å². The Labute approximate surface area is 156 Å². The second-order valence-corrected chi connectivity index (χ2v) is 6.54. The van der Waals surface area contributed by atoms with Gasteiger partial charge in [-0.3, -0.25) is 9.89 Å². The van der Waals surface area contributed by atoms with E-state index in [-0.39, 0.29) is 11.7 Å². The summed E-state index contributed by atoms with van der Waals surface area (Å²) in [6, 6.07) is 15.3. The van der Waals surface area contributed by atoms with Gasteiger partial charge in [-0.05, 0) is 43.7 Å². The highest BCUT2D eigenvalue weighted by Gasteiger charge is 2.12. The number of aryl methyl sites for hydroxylation is 1. The van der Waals surface area contributed by atoms with Crippen molar-refractivity contribution in [3.05, 3.63) is 54.1 Å². The Balaban J connectivity index is 1.61. The van der Waals surface area contributed by atoms with Gasteiger partial charge < -0.3 is 10.1 Å². The summed E-state index contributed by atoms with van der Waals surface area (Å²) in [5, 5.41) is 10.5. The number of carbonyl (C=O) groups is 1. The van der Waals surface area contributed by atoms with E-state index in [4.69, 9.17) is 4.74 Å². The molecule has 1 heterocycles. The highest BCUT2D eigenvalue weighted by molar-refractivity contribution is 7.99. The van der Waals surface area contributed by atoms with Crippen LogP contribution in [0.15, 0.2) is 53.7 Å². The molecule has 3 aromatic rings. The molecule has 134 valence electrons. The second-order valence-electron chi connectivity index (χ2n) is 5.60. The summed E-state index contributed by atoms with van der Waals surface area (Å²) in [4.78, 5) is 16.5. The number of hydrogen-bond donors (Lipinski definition) is 2. The number of aromatic nitrogens is 3. The van der Waals surface area contributed by atoms with E-state index < -0.39 is 0 Å². The van der Waals surface area contributed by atoms with Crippen molar-refractivity contribution in [1.82, 2.24) is 15.2 Å². The predicted octanol–water partition coefficient (Wildman–Crippen LogP) is 3.91. The number of H-pyrrole nitrogens is 1. The van der Waals surface area contributed by atoms with Crippen LogP contribution in [-0.4, -0.2) is 33.4 Å². The number of hydrogen-bond acceptors (Lipinski definition) is 5. The van der Waals surface area contributed by atoms with Crippen LogP contribution in [0.2, 0.25) is 0 Å². The van der Waals surface area contributed by atoms with Crippen molar-refractivity contribution < 1.29 is 9.53 Å². The fourth-order valence-corrected chi connectivity index (χ4v) is 3.02. The molecule has 7 heteroatoms. The largest absolute Gasteiger partial charge is 0.493 e. The normalized spacial score (nSPS) is 10.5. The first-order valence-electron chi connectivity index (χ1n) is 8.29. The SMILES string of the molecule is CCOc1ccccc1-c1nc(SCC(=O)Nc2cccc(C)c2)n[nH]1. The molecule has 0 saturated heterocycles. The molecule has 6 nitrogen and oxygen atoms in total. The van der Waals surface area contributed by atoms with Crippen LogP contribution in [0.1, 0.15) is 12.5 Å². The first-order valence-corrected chi connectivity index (χ1v) is 9.28. The maximum absolute atomic E-state index is 12.1. The molecule has 0 radical (unpaired) electrons. The molecule has 2 N–H and O–H groups in total. The Kier molecular flexibility index (Phi) is 5.91. The van der Waals surface area contributed by atoms with E-state index in [2.05, 4.69) is 20.5 Å². The molecule has 0 unspecified atom stereocenters. The lowest BCUT2D eigenvalue weighted by molar-refractivity contribution is -0.113. The smallest absolute Gasteiger partial charge is 0.234 e. The van der Waals surface area contributed by atoms with Crippen molar-refractivity contribution in [3.8, 4) is 17.1 Å². The molecule has 0 aliphatic carbocycles. The lowest BCUT2D eigenvalue weighted by atomic mass is 10.2.